The van der Waals surface area contributed by atoms with Crippen LogP contribution in [0.5, 0.6) is 0 Å². The minimum atomic E-state index is -0.908. The molecule has 0 aliphatic heterocycles. The zero-order chi connectivity index (χ0) is 14.3. The lowest BCUT2D eigenvalue weighted by molar-refractivity contribution is -0.134. The van der Waals surface area contributed by atoms with E-state index in [1.54, 1.807) is 13.0 Å². The van der Waals surface area contributed by atoms with E-state index in [0.29, 0.717) is 11.6 Å². The van der Waals surface area contributed by atoms with E-state index >= 15 is 0 Å². The van der Waals surface area contributed by atoms with Crippen molar-refractivity contribution in [2.75, 3.05) is 30.4 Å². The van der Waals surface area contributed by atoms with Crippen molar-refractivity contribution in [3.63, 3.8) is 0 Å². The van der Waals surface area contributed by atoms with Crippen LogP contribution >= 0.6 is 0 Å². The summed E-state index contributed by atoms with van der Waals surface area (Å²) in [6.45, 7) is 4.76. The first-order valence-electron chi connectivity index (χ1n) is 6.55. The van der Waals surface area contributed by atoms with Gasteiger partial charge in [-0.25, -0.2) is 9.97 Å². The molecule has 1 aromatic rings. The van der Waals surface area contributed by atoms with E-state index in [-0.39, 0.29) is 6.54 Å². The summed E-state index contributed by atoms with van der Waals surface area (Å²) >= 11 is 0. The molecule has 0 aliphatic rings. The lowest BCUT2D eigenvalue weighted by Crippen LogP contribution is -2.21. The Hall–Kier alpha value is -1.85. The number of nitrogens with zero attached hydrogens (tertiary/aromatic N) is 3. The van der Waals surface area contributed by atoms with Crippen LogP contribution in [0.15, 0.2) is 6.07 Å². The van der Waals surface area contributed by atoms with Gasteiger partial charge in [0.25, 0.3) is 0 Å². The summed E-state index contributed by atoms with van der Waals surface area (Å²) < 4.78 is 0. The van der Waals surface area contributed by atoms with Crippen LogP contribution in [-0.4, -0.2) is 41.2 Å². The first kappa shape index (κ1) is 15.2. The van der Waals surface area contributed by atoms with Crippen LogP contribution in [0.4, 0.5) is 11.6 Å². The van der Waals surface area contributed by atoms with E-state index in [4.69, 9.17) is 5.11 Å². The highest BCUT2D eigenvalue weighted by molar-refractivity contribution is 5.72. The third kappa shape index (κ3) is 5.54. The van der Waals surface area contributed by atoms with Gasteiger partial charge in [-0.2, -0.15) is 0 Å². The number of aromatic nitrogens is 2. The number of rotatable bonds is 8. The fourth-order valence-electron chi connectivity index (χ4n) is 1.72. The lowest BCUT2D eigenvalue weighted by atomic mass is 10.2. The van der Waals surface area contributed by atoms with E-state index in [1.165, 1.54) is 12.8 Å². The second-order valence-corrected chi connectivity index (χ2v) is 4.53. The molecule has 106 valence electrons. The Balaban J connectivity index is 2.69. The highest BCUT2D eigenvalue weighted by atomic mass is 16.4. The zero-order valence-corrected chi connectivity index (χ0v) is 11.8. The molecule has 19 heavy (non-hydrogen) atoms. The predicted octanol–water partition coefficient (Wildman–Crippen LogP) is 1.91. The number of carbonyl (C=O) groups is 1. The van der Waals surface area contributed by atoms with Gasteiger partial charge < -0.3 is 15.3 Å². The number of carboxylic acids is 1. The van der Waals surface area contributed by atoms with Crippen LogP contribution in [0.1, 0.15) is 32.0 Å². The summed E-state index contributed by atoms with van der Waals surface area (Å²) in [7, 11) is 1.98. The molecule has 0 atom stereocenters. The average molecular weight is 266 g/mol. The maximum absolute atomic E-state index is 10.5. The maximum Gasteiger partial charge on any atom is 0.322 e. The van der Waals surface area contributed by atoms with E-state index in [1.807, 2.05) is 7.05 Å². The first-order valence-corrected chi connectivity index (χ1v) is 6.55. The molecule has 0 saturated heterocycles. The number of unbranched alkanes of at least 4 members (excludes halogenated alkanes) is 2. The maximum atomic E-state index is 10.5. The van der Waals surface area contributed by atoms with E-state index in [0.717, 1.165) is 18.8 Å². The Morgan fingerprint density at radius 1 is 1.42 bits per heavy atom. The van der Waals surface area contributed by atoms with Gasteiger partial charge >= 0.3 is 5.97 Å². The molecule has 6 nitrogen and oxygen atoms in total. The monoisotopic (exact) mass is 266 g/mol. The molecule has 1 rings (SSSR count). The van der Waals surface area contributed by atoms with Crippen molar-refractivity contribution in [3.05, 3.63) is 11.9 Å². The van der Waals surface area contributed by atoms with Gasteiger partial charge in [-0.3, -0.25) is 4.79 Å². The molecule has 0 aliphatic carbocycles. The van der Waals surface area contributed by atoms with Crippen molar-refractivity contribution >= 4 is 17.6 Å². The van der Waals surface area contributed by atoms with Crippen molar-refractivity contribution in [1.29, 1.82) is 0 Å². The Labute approximate surface area is 113 Å². The van der Waals surface area contributed by atoms with Crippen LogP contribution < -0.4 is 10.2 Å². The van der Waals surface area contributed by atoms with Crippen molar-refractivity contribution < 1.29 is 9.90 Å². The van der Waals surface area contributed by atoms with Gasteiger partial charge in [0.15, 0.2) is 0 Å². The summed E-state index contributed by atoms with van der Waals surface area (Å²) in [6, 6.07) is 1.78. The summed E-state index contributed by atoms with van der Waals surface area (Å²) in [5, 5.41) is 11.4. The number of aryl methyl sites for hydroxylation is 1. The lowest BCUT2D eigenvalue weighted by Gasteiger charge is -2.19. The molecule has 6 heteroatoms. The highest BCUT2D eigenvalue weighted by Gasteiger charge is 2.07. The van der Waals surface area contributed by atoms with E-state index in [9.17, 15) is 4.79 Å². The number of hydrogen-bond donors (Lipinski definition) is 2. The number of carboxylic acid groups (broad SMARTS) is 1. The number of aliphatic carboxylic acids is 1. The van der Waals surface area contributed by atoms with Gasteiger partial charge in [0.05, 0.1) is 0 Å². The Bertz CT molecular complexity index is 423. The van der Waals surface area contributed by atoms with E-state index in [2.05, 4.69) is 27.1 Å². The Morgan fingerprint density at radius 3 is 2.79 bits per heavy atom. The molecule has 0 saturated carbocycles. The summed E-state index contributed by atoms with van der Waals surface area (Å²) in [5.74, 6) is 1.09. The van der Waals surface area contributed by atoms with Crippen LogP contribution in [0.2, 0.25) is 0 Å². The molecule has 0 amide bonds. The molecule has 2 N–H and O–H groups in total. The van der Waals surface area contributed by atoms with Gasteiger partial charge in [0.2, 0.25) is 0 Å². The van der Waals surface area contributed by atoms with Gasteiger partial charge in [-0.1, -0.05) is 19.8 Å². The van der Waals surface area contributed by atoms with Crippen LogP contribution in [0.3, 0.4) is 0 Å². The Morgan fingerprint density at radius 2 is 2.16 bits per heavy atom. The van der Waals surface area contributed by atoms with Crippen molar-refractivity contribution in [2.24, 2.45) is 0 Å². The standard InChI is InChI=1S/C13H22N4O2/c1-4-5-6-7-17(3)12-8-11(14-9-13(18)19)15-10(2)16-12/h8H,4-7,9H2,1-3H3,(H,18,19)(H,14,15,16). The molecular formula is C13H22N4O2. The number of anilines is 2. The molecule has 0 bridgehead atoms. The van der Waals surface area contributed by atoms with Gasteiger partial charge in [-0.05, 0) is 13.3 Å². The second kappa shape index (κ2) is 7.56. The third-order valence-electron chi connectivity index (χ3n) is 2.73. The van der Waals surface area contributed by atoms with Crippen LogP contribution in [0, 0.1) is 6.92 Å². The second-order valence-electron chi connectivity index (χ2n) is 4.53. The smallest absolute Gasteiger partial charge is 0.322 e. The minimum absolute atomic E-state index is 0.143. The fraction of sp³-hybridized carbons (Fsp3) is 0.615. The normalized spacial score (nSPS) is 10.3. The molecular weight excluding hydrogens is 244 g/mol. The predicted molar refractivity (Wildman–Crippen MR) is 75.7 cm³/mol. The third-order valence-corrected chi connectivity index (χ3v) is 2.73. The van der Waals surface area contributed by atoms with Gasteiger partial charge in [0.1, 0.15) is 24.0 Å². The summed E-state index contributed by atoms with van der Waals surface area (Å²) in [4.78, 5) is 21.1. The summed E-state index contributed by atoms with van der Waals surface area (Å²) in [6.07, 6.45) is 3.49. The van der Waals surface area contributed by atoms with Crippen molar-refractivity contribution in [3.8, 4) is 0 Å². The average Bonchev–Trinajstić information content (AvgIpc) is 2.36. The topological polar surface area (TPSA) is 78.4 Å². The summed E-state index contributed by atoms with van der Waals surface area (Å²) in [5.41, 5.74) is 0. The molecule has 0 aromatic carbocycles. The van der Waals surface area contributed by atoms with Crippen molar-refractivity contribution in [2.45, 2.75) is 33.1 Å². The number of hydrogen-bond acceptors (Lipinski definition) is 5. The van der Waals surface area contributed by atoms with Crippen LogP contribution in [-0.2, 0) is 4.79 Å². The molecule has 1 aromatic heterocycles. The first-order chi connectivity index (χ1) is 9.02. The molecule has 0 unspecified atom stereocenters. The number of nitrogens with one attached hydrogen (secondary N) is 1. The molecule has 1 heterocycles. The SMILES string of the molecule is CCCCCN(C)c1cc(NCC(=O)O)nc(C)n1. The molecule has 0 fully saturated rings. The van der Waals surface area contributed by atoms with E-state index < -0.39 is 5.97 Å². The molecule has 0 radical (unpaired) electrons. The largest absolute Gasteiger partial charge is 0.480 e. The van der Waals surface area contributed by atoms with Gasteiger partial charge in [0, 0.05) is 19.7 Å². The molecule has 0 spiro atoms. The quantitative estimate of drug-likeness (QED) is 0.700. The fourth-order valence-corrected chi connectivity index (χ4v) is 1.72. The van der Waals surface area contributed by atoms with Crippen molar-refractivity contribution in [1.82, 2.24) is 9.97 Å². The van der Waals surface area contributed by atoms with Gasteiger partial charge in [-0.15, -0.1) is 0 Å². The van der Waals surface area contributed by atoms with Crippen LogP contribution in [0.25, 0.3) is 0 Å². The Kier molecular flexibility index (Phi) is 6.05. The minimum Gasteiger partial charge on any atom is -0.480 e. The zero-order valence-electron chi connectivity index (χ0n) is 11.8. The highest BCUT2D eigenvalue weighted by Crippen LogP contribution is 2.15.